The Labute approximate surface area is 177 Å². The third-order valence-electron chi connectivity index (χ3n) is 5.68. The van der Waals surface area contributed by atoms with Gasteiger partial charge in [-0.3, -0.25) is 9.59 Å². The smallest absolute Gasteiger partial charge is 0.237 e. The van der Waals surface area contributed by atoms with Crippen LogP contribution in [0.2, 0.25) is 0 Å². The van der Waals surface area contributed by atoms with Gasteiger partial charge in [-0.1, -0.05) is 32.1 Å². The maximum Gasteiger partial charge on any atom is 0.237 e. The van der Waals surface area contributed by atoms with Gasteiger partial charge in [-0.05, 0) is 44.9 Å². The van der Waals surface area contributed by atoms with Gasteiger partial charge >= 0.3 is 0 Å². The average molecular weight is 439 g/mol. The summed E-state index contributed by atoms with van der Waals surface area (Å²) in [6.07, 6.45) is 7.74. The van der Waals surface area contributed by atoms with E-state index >= 15 is 0 Å². The van der Waals surface area contributed by atoms with Crippen molar-refractivity contribution in [3.63, 3.8) is 0 Å². The molecule has 1 aromatic carbocycles. The molecule has 0 aromatic heterocycles. The van der Waals surface area contributed by atoms with Crippen molar-refractivity contribution in [3.8, 4) is 0 Å². The number of benzene rings is 1. The van der Waals surface area contributed by atoms with Crippen molar-refractivity contribution < 1.29 is 18.0 Å². The second kappa shape index (κ2) is 9.51. The minimum atomic E-state index is -3.67. The van der Waals surface area contributed by atoms with Gasteiger partial charge < -0.3 is 10.6 Å². The molecule has 0 spiro atoms. The average Bonchev–Trinajstić information content (AvgIpc) is 2.64. The molecular weight excluding hydrogens is 408 g/mol. The van der Waals surface area contributed by atoms with Crippen molar-refractivity contribution in [2.75, 3.05) is 5.32 Å². The number of thioether (sulfide) groups is 1. The summed E-state index contributed by atoms with van der Waals surface area (Å²) in [6.45, 7) is 3.38. The Kier molecular flexibility index (Phi) is 7.27. The van der Waals surface area contributed by atoms with Crippen LogP contribution in [0.5, 0.6) is 0 Å². The summed E-state index contributed by atoms with van der Waals surface area (Å²) in [6, 6.07) is 4.94. The Bertz CT molecular complexity index is 861. The summed E-state index contributed by atoms with van der Waals surface area (Å²) in [5, 5.41) is 4.76. The number of carbonyl (C=O) groups is 2. The SMILES string of the molecule is C[C@H](CC(=O)NC1CCCCCCC1)S(=O)(=O)c1ccc2c(c1)NC(=O)[C@@H](C)S2. The van der Waals surface area contributed by atoms with E-state index in [4.69, 9.17) is 0 Å². The maximum absolute atomic E-state index is 13.0. The number of fused-ring (bicyclic) bond motifs is 1. The standard InChI is InChI=1S/C21H30N2O4S2/c1-14(12-20(24)22-16-8-6-4-3-5-7-9-16)29(26,27)17-10-11-19-18(13-17)23-21(25)15(2)28-19/h10-11,13-16H,3-9,12H2,1-2H3,(H,22,24)(H,23,25)/t14-,15-/m1/s1. The molecule has 1 aromatic rings. The van der Waals surface area contributed by atoms with Crippen molar-refractivity contribution in [2.24, 2.45) is 0 Å². The normalized spacial score (nSPS) is 22.0. The highest BCUT2D eigenvalue weighted by molar-refractivity contribution is 8.01. The van der Waals surface area contributed by atoms with E-state index < -0.39 is 15.1 Å². The Morgan fingerprint density at radius 3 is 2.55 bits per heavy atom. The van der Waals surface area contributed by atoms with Gasteiger partial charge in [-0.2, -0.15) is 0 Å². The largest absolute Gasteiger partial charge is 0.353 e. The molecule has 2 N–H and O–H groups in total. The van der Waals surface area contributed by atoms with Gasteiger partial charge in [0.1, 0.15) is 0 Å². The first-order valence-corrected chi connectivity index (χ1v) is 12.8. The summed E-state index contributed by atoms with van der Waals surface area (Å²) < 4.78 is 26.0. The van der Waals surface area contributed by atoms with Gasteiger partial charge in [0.2, 0.25) is 11.8 Å². The zero-order valence-electron chi connectivity index (χ0n) is 17.1. The molecule has 6 nitrogen and oxygen atoms in total. The lowest BCUT2D eigenvalue weighted by atomic mass is 9.96. The highest BCUT2D eigenvalue weighted by Gasteiger charge is 2.29. The van der Waals surface area contributed by atoms with Gasteiger partial charge in [-0.15, -0.1) is 11.8 Å². The number of carbonyl (C=O) groups excluding carboxylic acids is 2. The Morgan fingerprint density at radius 1 is 1.21 bits per heavy atom. The molecule has 0 saturated heterocycles. The molecule has 0 radical (unpaired) electrons. The number of hydrogen-bond acceptors (Lipinski definition) is 5. The van der Waals surface area contributed by atoms with E-state index in [-0.39, 0.29) is 34.4 Å². The van der Waals surface area contributed by atoms with Crippen molar-refractivity contribution in [3.05, 3.63) is 18.2 Å². The monoisotopic (exact) mass is 438 g/mol. The number of anilines is 1. The van der Waals surface area contributed by atoms with Crippen LogP contribution in [-0.2, 0) is 19.4 Å². The third kappa shape index (κ3) is 5.54. The molecule has 3 rings (SSSR count). The number of hydrogen-bond donors (Lipinski definition) is 2. The van der Waals surface area contributed by atoms with E-state index in [0.717, 1.165) is 30.6 Å². The minimum Gasteiger partial charge on any atom is -0.353 e. The van der Waals surface area contributed by atoms with Crippen LogP contribution in [0.4, 0.5) is 5.69 Å². The summed E-state index contributed by atoms with van der Waals surface area (Å²) in [4.78, 5) is 25.4. The third-order valence-corrected chi connectivity index (χ3v) is 9.00. The predicted molar refractivity (Wildman–Crippen MR) is 116 cm³/mol. The van der Waals surface area contributed by atoms with Gasteiger partial charge in [0, 0.05) is 17.4 Å². The van der Waals surface area contributed by atoms with Gasteiger partial charge in [-0.25, -0.2) is 8.42 Å². The van der Waals surface area contributed by atoms with Gasteiger partial charge in [0.15, 0.2) is 9.84 Å². The van der Waals surface area contributed by atoms with Crippen molar-refractivity contribution in [1.29, 1.82) is 0 Å². The van der Waals surface area contributed by atoms with Crippen LogP contribution >= 0.6 is 11.8 Å². The van der Waals surface area contributed by atoms with Crippen LogP contribution in [0.1, 0.15) is 65.2 Å². The van der Waals surface area contributed by atoms with Gasteiger partial charge in [0.25, 0.3) is 0 Å². The Balaban J connectivity index is 1.65. The second-order valence-electron chi connectivity index (χ2n) is 8.08. The fraction of sp³-hybridized carbons (Fsp3) is 0.619. The van der Waals surface area contributed by atoms with E-state index in [0.29, 0.717) is 5.69 Å². The first kappa shape index (κ1) is 22.2. The van der Waals surface area contributed by atoms with E-state index in [1.54, 1.807) is 19.1 Å². The summed E-state index contributed by atoms with van der Waals surface area (Å²) in [7, 11) is -3.67. The number of rotatable bonds is 5. The zero-order chi connectivity index (χ0) is 21.0. The van der Waals surface area contributed by atoms with E-state index in [9.17, 15) is 18.0 Å². The molecule has 1 aliphatic carbocycles. The van der Waals surface area contributed by atoms with Crippen LogP contribution in [-0.4, -0.2) is 36.8 Å². The second-order valence-corrected chi connectivity index (χ2v) is 11.8. The molecule has 160 valence electrons. The predicted octanol–water partition coefficient (Wildman–Crippen LogP) is 3.90. The molecule has 1 saturated carbocycles. The molecule has 2 atom stereocenters. The fourth-order valence-corrected chi connectivity index (χ4v) is 6.16. The highest BCUT2D eigenvalue weighted by atomic mass is 32.2. The molecule has 0 bridgehead atoms. The summed E-state index contributed by atoms with van der Waals surface area (Å²) >= 11 is 1.41. The lowest BCUT2D eigenvalue weighted by molar-refractivity contribution is -0.122. The van der Waals surface area contributed by atoms with E-state index in [1.165, 1.54) is 37.1 Å². The van der Waals surface area contributed by atoms with Crippen LogP contribution in [0.3, 0.4) is 0 Å². The molecule has 1 heterocycles. The lowest BCUT2D eigenvalue weighted by Crippen LogP contribution is -2.37. The molecular formula is C21H30N2O4S2. The highest BCUT2D eigenvalue weighted by Crippen LogP contribution is 2.37. The lowest BCUT2D eigenvalue weighted by Gasteiger charge is -2.23. The number of nitrogens with one attached hydrogen (secondary N) is 2. The molecule has 29 heavy (non-hydrogen) atoms. The maximum atomic E-state index is 13.0. The van der Waals surface area contributed by atoms with E-state index in [1.807, 2.05) is 6.92 Å². The van der Waals surface area contributed by atoms with Crippen LogP contribution in [0.25, 0.3) is 0 Å². The summed E-state index contributed by atoms with van der Waals surface area (Å²) in [5.74, 6) is -0.342. The Hall–Kier alpha value is -1.54. The van der Waals surface area contributed by atoms with Gasteiger partial charge in [0.05, 0.1) is 21.1 Å². The van der Waals surface area contributed by atoms with Crippen LogP contribution in [0, 0.1) is 0 Å². The topological polar surface area (TPSA) is 92.3 Å². The van der Waals surface area contributed by atoms with Crippen molar-refractivity contribution >= 4 is 39.1 Å². The number of sulfone groups is 1. The Morgan fingerprint density at radius 2 is 1.86 bits per heavy atom. The first-order chi connectivity index (χ1) is 13.8. The van der Waals surface area contributed by atoms with Crippen molar-refractivity contribution in [1.82, 2.24) is 5.32 Å². The minimum absolute atomic E-state index is 0.0614. The quantitative estimate of drug-likeness (QED) is 0.727. The van der Waals surface area contributed by atoms with Crippen LogP contribution < -0.4 is 10.6 Å². The summed E-state index contributed by atoms with van der Waals surface area (Å²) in [5.41, 5.74) is 0.519. The van der Waals surface area contributed by atoms with E-state index in [2.05, 4.69) is 10.6 Å². The number of amides is 2. The molecule has 1 aliphatic heterocycles. The molecule has 1 fully saturated rings. The van der Waals surface area contributed by atoms with Crippen molar-refractivity contribution in [2.45, 2.75) is 91.5 Å². The molecule has 2 aliphatic rings. The molecule has 0 unspecified atom stereocenters. The van der Waals surface area contributed by atoms with Crippen LogP contribution in [0.15, 0.2) is 28.0 Å². The molecule has 2 amide bonds. The zero-order valence-corrected chi connectivity index (χ0v) is 18.7. The fourth-order valence-electron chi connectivity index (χ4n) is 3.86. The first-order valence-electron chi connectivity index (χ1n) is 10.4. The molecule has 8 heteroatoms.